The van der Waals surface area contributed by atoms with Crippen LogP contribution in [-0.4, -0.2) is 29.3 Å². The van der Waals surface area contributed by atoms with Crippen molar-refractivity contribution in [3.8, 4) is 5.75 Å². The van der Waals surface area contributed by atoms with E-state index < -0.39 is 0 Å². The van der Waals surface area contributed by atoms with Crippen LogP contribution < -0.4 is 15.4 Å². The Bertz CT molecular complexity index is 700. The molecular weight excluding hydrogens is 328 g/mol. The number of nitrogens with one attached hydrogen (secondary N) is 3. The quantitative estimate of drug-likeness (QED) is 0.774. The van der Waals surface area contributed by atoms with Gasteiger partial charge < -0.3 is 15.4 Å². The standard InChI is InChI=1S/C17H22N4O2.ClH/c1-11(2)10-23-13-5-3-4-12(8-13)19-17(22)16-14-9-18-7-6-15(14)20-21-16;/h3-5,8,11,18H,6-7,9-10H2,1-2H3,(H,19,22)(H,20,21);1H. The van der Waals surface area contributed by atoms with Gasteiger partial charge in [0, 0.05) is 42.5 Å². The van der Waals surface area contributed by atoms with E-state index in [0.717, 1.165) is 30.0 Å². The van der Waals surface area contributed by atoms with Crippen LogP contribution in [0.15, 0.2) is 24.3 Å². The van der Waals surface area contributed by atoms with Crippen LogP contribution in [0.5, 0.6) is 5.75 Å². The van der Waals surface area contributed by atoms with Gasteiger partial charge in [-0.15, -0.1) is 12.4 Å². The highest BCUT2D eigenvalue weighted by Gasteiger charge is 2.21. The number of aromatic amines is 1. The number of nitrogens with zero attached hydrogens (tertiary/aromatic N) is 1. The van der Waals surface area contributed by atoms with Gasteiger partial charge in [-0.2, -0.15) is 5.10 Å². The molecule has 0 saturated carbocycles. The number of benzene rings is 1. The molecule has 0 fully saturated rings. The first-order chi connectivity index (χ1) is 11.1. The summed E-state index contributed by atoms with van der Waals surface area (Å²) in [6, 6.07) is 7.43. The Morgan fingerprint density at radius 2 is 2.25 bits per heavy atom. The van der Waals surface area contributed by atoms with Crippen LogP contribution in [0.25, 0.3) is 0 Å². The lowest BCUT2D eigenvalue weighted by atomic mass is 10.1. The molecule has 3 rings (SSSR count). The van der Waals surface area contributed by atoms with Gasteiger partial charge in [-0.1, -0.05) is 19.9 Å². The van der Waals surface area contributed by atoms with E-state index in [1.165, 1.54) is 0 Å². The van der Waals surface area contributed by atoms with Crippen LogP contribution in [0.1, 0.15) is 35.6 Å². The molecule has 0 radical (unpaired) electrons. The Kier molecular flexibility index (Phi) is 6.23. The monoisotopic (exact) mass is 350 g/mol. The van der Waals surface area contributed by atoms with Crippen LogP contribution >= 0.6 is 12.4 Å². The summed E-state index contributed by atoms with van der Waals surface area (Å²) < 4.78 is 5.69. The van der Waals surface area contributed by atoms with Crippen molar-refractivity contribution in [3.63, 3.8) is 0 Å². The number of hydrogen-bond donors (Lipinski definition) is 3. The smallest absolute Gasteiger partial charge is 0.276 e. The predicted molar refractivity (Wildman–Crippen MR) is 96.0 cm³/mol. The Morgan fingerprint density at radius 1 is 1.42 bits per heavy atom. The topological polar surface area (TPSA) is 79.0 Å². The van der Waals surface area contributed by atoms with Gasteiger partial charge in [-0.05, 0) is 18.1 Å². The number of ether oxygens (including phenoxy) is 1. The maximum atomic E-state index is 12.5. The van der Waals surface area contributed by atoms with Gasteiger partial charge in [0.1, 0.15) is 5.75 Å². The highest BCUT2D eigenvalue weighted by molar-refractivity contribution is 6.04. The SMILES string of the molecule is CC(C)COc1cccc(NC(=O)c2n[nH]c3c2CNCC3)c1.Cl. The predicted octanol–water partition coefficient (Wildman–Crippen LogP) is 2.76. The number of rotatable bonds is 5. The minimum absolute atomic E-state index is 0. The van der Waals surface area contributed by atoms with Crippen molar-refractivity contribution in [2.24, 2.45) is 5.92 Å². The fourth-order valence-corrected chi connectivity index (χ4v) is 2.53. The molecule has 1 amide bonds. The van der Waals surface area contributed by atoms with E-state index in [-0.39, 0.29) is 18.3 Å². The molecule has 1 aliphatic heterocycles. The lowest BCUT2D eigenvalue weighted by Gasteiger charge is -2.13. The van der Waals surface area contributed by atoms with Gasteiger partial charge in [0.2, 0.25) is 0 Å². The Labute approximate surface area is 147 Å². The van der Waals surface area contributed by atoms with Gasteiger partial charge in [0.25, 0.3) is 5.91 Å². The van der Waals surface area contributed by atoms with Crippen molar-refractivity contribution in [1.82, 2.24) is 15.5 Å². The molecule has 0 unspecified atom stereocenters. The maximum absolute atomic E-state index is 12.5. The molecule has 2 aromatic rings. The summed E-state index contributed by atoms with van der Waals surface area (Å²) >= 11 is 0. The summed E-state index contributed by atoms with van der Waals surface area (Å²) in [5, 5.41) is 13.3. The van der Waals surface area contributed by atoms with Crippen molar-refractivity contribution in [3.05, 3.63) is 41.2 Å². The van der Waals surface area contributed by atoms with Crippen molar-refractivity contribution in [2.45, 2.75) is 26.8 Å². The minimum Gasteiger partial charge on any atom is -0.493 e. The number of carbonyl (C=O) groups excluding carboxylic acids is 1. The largest absolute Gasteiger partial charge is 0.493 e. The second-order valence-corrected chi connectivity index (χ2v) is 6.14. The normalized spacial score (nSPS) is 13.1. The highest BCUT2D eigenvalue weighted by atomic mass is 35.5. The molecule has 3 N–H and O–H groups in total. The van der Waals surface area contributed by atoms with Crippen molar-refractivity contribution < 1.29 is 9.53 Å². The molecule has 1 aromatic carbocycles. The van der Waals surface area contributed by atoms with Crippen LogP contribution in [0.2, 0.25) is 0 Å². The average molecular weight is 351 g/mol. The van der Waals surface area contributed by atoms with E-state index in [0.29, 0.717) is 30.5 Å². The molecule has 0 bridgehead atoms. The molecule has 7 heteroatoms. The molecular formula is C17H23ClN4O2. The van der Waals surface area contributed by atoms with Gasteiger partial charge in [-0.3, -0.25) is 9.89 Å². The molecule has 0 atom stereocenters. The third-order valence-corrected chi connectivity index (χ3v) is 3.70. The van der Waals surface area contributed by atoms with Crippen molar-refractivity contribution in [2.75, 3.05) is 18.5 Å². The molecule has 0 saturated heterocycles. The van der Waals surface area contributed by atoms with Crippen LogP contribution in [0, 0.1) is 5.92 Å². The number of hydrogen-bond acceptors (Lipinski definition) is 4. The highest BCUT2D eigenvalue weighted by Crippen LogP contribution is 2.20. The first-order valence-electron chi connectivity index (χ1n) is 7.94. The third kappa shape index (κ3) is 4.27. The Hall–Kier alpha value is -2.05. The second kappa shape index (κ2) is 8.17. The number of carbonyl (C=O) groups is 1. The molecule has 1 aliphatic rings. The summed E-state index contributed by atoms with van der Waals surface area (Å²) in [6.07, 6.45) is 0.869. The molecule has 0 spiro atoms. The first kappa shape index (κ1) is 18.3. The Morgan fingerprint density at radius 3 is 3.04 bits per heavy atom. The van der Waals surface area contributed by atoms with E-state index in [1.807, 2.05) is 24.3 Å². The van der Waals surface area contributed by atoms with Crippen molar-refractivity contribution >= 4 is 24.0 Å². The fraction of sp³-hybridized carbons (Fsp3) is 0.412. The van der Waals surface area contributed by atoms with Crippen LogP contribution in [0.3, 0.4) is 0 Å². The van der Waals surface area contributed by atoms with E-state index in [4.69, 9.17) is 4.74 Å². The summed E-state index contributed by atoms with van der Waals surface area (Å²) in [4.78, 5) is 12.5. The zero-order valence-electron chi connectivity index (χ0n) is 13.9. The number of halogens is 1. The second-order valence-electron chi connectivity index (χ2n) is 6.14. The average Bonchev–Trinajstić information content (AvgIpc) is 2.97. The van der Waals surface area contributed by atoms with Gasteiger partial charge in [-0.25, -0.2) is 0 Å². The number of anilines is 1. The van der Waals surface area contributed by atoms with Crippen LogP contribution in [0.4, 0.5) is 5.69 Å². The number of fused-ring (bicyclic) bond motifs is 1. The molecule has 1 aromatic heterocycles. The van der Waals surface area contributed by atoms with Gasteiger partial charge in [0.15, 0.2) is 5.69 Å². The summed E-state index contributed by atoms with van der Waals surface area (Å²) in [6.45, 7) is 6.42. The van der Waals surface area contributed by atoms with E-state index in [2.05, 4.69) is 34.7 Å². The zero-order chi connectivity index (χ0) is 16.2. The zero-order valence-corrected chi connectivity index (χ0v) is 14.7. The van der Waals surface area contributed by atoms with Gasteiger partial charge in [0.05, 0.1) is 6.61 Å². The first-order valence-corrected chi connectivity index (χ1v) is 7.94. The summed E-state index contributed by atoms with van der Waals surface area (Å²) in [5.41, 5.74) is 3.17. The van der Waals surface area contributed by atoms with Gasteiger partial charge >= 0.3 is 0 Å². The summed E-state index contributed by atoms with van der Waals surface area (Å²) in [5.74, 6) is 1.01. The molecule has 130 valence electrons. The number of H-pyrrole nitrogens is 1. The number of aromatic nitrogens is 2. The fourth-order valence-electron chi connectivity index (χ4n) is 2.53. The molecule has 2 heterocycles. The molecule has 6 nitrogen and oxygen atoms in total. The lowest BCUT2D eigenvalue weighted by molar-refractivity contribution is 0.102. The maximum Gasteiger partial charge on any atom is 0.276 e. The third-order valence-electron chi connectivity index (χ3n) is 3.70. The summed E-state index contributed by atoms with van der Waals surface area (Å²) in [7, 11) is 0. The molecule has 0 aliphatic carbocycles. The minimum atomic E-state index is -0.202. The van der Waals surface area contributed by atoms with E-state index in [1.54, 1.807) is 0 Å². The van der Waals surface area contributed by atoms with E-state index in [9.17, 15) is 4.79 Å². The number of amides is 1. The van der Waals surface area contributed by atoms with Crippen molar-refractivity contribution in [1.29, 1.82) is 0 Å². The van der Waals surface area contributed by atoms with E-state index >= 15 is 0 Å². The molecule has 24 heavy (non-hydrogen) atoms. The Balaban J connectivity index is 0.00000208. The lowest BCUT2D eigenvalue weighted by Crippen LogP contribution is -2.25. The van der Waals surface area contributed by atoms with Crippen LogP contribution in [-0.2, 0) is 13.0 Å².